The number of nitrogens with one attached hydrogen (secondary N) is 1. The molecular formula is C18H22N2O3. The van der Waals surface area contributed by atoms with E-state index in [1.54, 1.807) is 18.3 Å². The molecule has 1 aromatic carbocycles. The number of pyridine rings is 1. The van der Waals surface area contributed by atoms with Crippen molar-refractivity contribution in [3.05, 3.63) is 54.4 Å². The van der Waals surface area contributed by atoms with Gasteiger partial charge in [-0.05, 0) is 42.8 Å². The van der Waals surface area contributed by atoms with E-state index in [0.717, 1.165) is 17.9 Å². The molecule has 23 heavy (non-hydrogen) atoms. The van der Waals surface area contributed by atoms with Gasteiger partial charge in [0, 0.05) is 24.9 Å². The molecule has 1 aromatic heterocycles. The molecule has 0 atom stereocenters. The molecule has 0 radical (unpaired) electrons. The predicted octanol–water partition coefficient (Wildman–Crippen LogP) is 2.61. The highest BCUT2D eigenvalue weighted by molar-refractivity contribution is 5.77. The van der Waals surface area contributed by atoms with Crippen LogP contribution in [0.2, 0.25) is 0 Å². The molecule has 5 heteroatoms. The summed E-state index contributed by atoms with van der Waals surface area (Å²) in [7, 11) is 0. The third kappa shape index (κ3) is 6.38. The average molecular weight is 314 g/mol. The van der Waals surface area contributed by atoms with Crippen LogP contribution >= 0.6 is 0 Å². The number of carbonyl (C=O) groups is 1. The average Bonchev–Trinajstić information content (AvgIpc) is 2.60. The summed E-state index contributed by atoms with van der Waals surface area (Å²) in [4.78, 5) is 15.9. The van der Waals surface area contributed by atoms with Crippen LogP contribution in [0.25, 0.3) is 0 Å². The quantitative estimate of drug-likeness (QED) is 0.773. The summed E-state index contributed by atoms with van der Waals surface area (Å²) >= 11 is 0. The third-order valence-corrected chi connectivity index (χ3v) is 3.10. The van der Waals surface area contributed by atoms with Crippen LogP contribution in [-0.2, 0) is 11.2 Å². The Morgan fingerprint density at radius 3 is 2.48 bits per heavy atom. The fourth-order valence-corrected chi connectivity index (χ4v) is 1.93. The lowest BCUT2D eigenvalue weighted by Crippen LogP contribution is -2.30. The molecule has 2 aromatic rings. The first kappa shape index (κ1) is 16.8. The molecule has 1 heterocycles. The molecule has 1 N–H and O–H groups in total. The van der Waals surface area contributed by atoms with Crippen LogP contribution in [0, 0.1) is 0 Å². The second-order valence-electron chi connectivity index (χ2n) is 5.03. The van der Waals surface area contributed by atoms with Gasteiger partial charge >= 0.3 is 0 Å². The number of hydrogen-bond donors (Lipinski definition) is 1. The van der Waals surface area contributed by atoms with Gasteiger partial charge in [0.15, 0.2) is 6.61 Å². The number of hydrogen-bond acceptors (Lipinski definition) is 4. The van der Waals surface area contributed by atoms with Crippen molar-refractivity contribution in [3.63, 3.8) is 0 Å². The SMILES string of the molecule is CCCOc1ccc(OCC(=O)NCCc2ccccn2)cc1. The zero-order valence-electron chi connectivity index (χ0n) is 13.3. The highest BCUT2D eigenvalue weighted by Gasteiger charge is 2.03. The number of benzene rings is 1. The minimum absolute atomic E-state index is 0.00260. The van der Waals surface area contributed by atoms with Crippen molar-refractivity contribution in [1.82, 2.24) is 10.3 Å². The Kier molecular flexibility index (Phi) is 6.91. The number of nitrogens with zero attached hydrogens (tertiary/aromatic N) is 1. The van der Waals surface area contributed by atoms with Crippen molar-refractivity contribution in [1.29, 1.82) is 0 Å². The zero-order chi connectivity index (χ0) is 16.3. The zero-order valence-corrected chi connectivity index (χ0v) is 13.3. The summed E-state index contributed by atoms with van der Waals surface area (Å²) in [5, 5.41) is 2.81. The van der Waals surface area contributed by atoms with Crippen molar-refractivity contribution in [2.45, 2.75) is 19.8 Å². The van der Waals surface area contributed by atoms with Crippen molar-refractivity contribution < 1.29 is 14.3 Å². The molecular weight excluding hydrogens is 292 g/mol. The largest absolute Gasteiger partial charge is 0.494 e. The molecule has 122 valence electrons. The standard InChI is InChI=1S/C18H22N2O3/c1-2-13-22-16-6-8-17(9-7-16)23-14-18(21)20-12-10-15-5-3-4-11-19-15/h3-9,11H,2,10,12-14H2,1H3,(H,20,21). The van der Waals surface area contributed by atoms with Crippen molar-refractivity contribution in [3.8, 4) is 11.5 Å². The first-order valence-corrected chi connectivity index (χ1v) is 7.80. The second-order valence-corrected chi connectivity index (χ2v) is 5.03. The van der Waals surface area contributed by atoms with Crippen LogP contribution < -0.4 is 14.8 Å². The molecule has 0 aliphatic heterocycles. The Morgan fingerprint density at radius 2 is 1.83 bits per heavy atom. The summed E-state index contributed by atoms with van der Waals surface area (Å²) in [6, 6.07) is 13.0. The number of aromatic nitrogens is 1. The Hall–Kier alpha value is -2.56. The predicted molar refractivity (Wildman–Crippen MR) is 88.7 cm³/mol. The summed E-state index contributed by atoms with van der Waals surface area (Å²) in [6.45, 7) is 3.29. The van der Waals surface area contributed by atoms with Crippen LogP contribution in [0.5, 0.6) is 11.5 Å². The number of amides is 1. The molecule has 0 fully saturated rings. The fourth-order valence-electron chi connectivity index (χ4n) is 1.93. The van der Waals surface area contributed by atoms with E-state index in [4.69, 9.17) is 9.47 Å². The summed E-state index contributed by atoms with van der Waals surface area (Å²) < 4.78 is 10.9. The molecule has 0 bridgehead atoms. The second kappa shape index (κ2) is 9.46. The lowest BCUT2D eigenvalue weighted by atomic mass is 10.3. The lowest BCUT2D eigenvalue weighted by Gasteiger charge is -2.08. The highest BCUT2D eigenvalue weighted by Crippen LogP contribution is 2.17. The minimum Gasteiger partial charge on any atom is -0.494 e. The maximum Gasteiger partial charge on any atom is 0.257 e. The van der Waals surface area contributed by atoms with Gasteiger partial charge < -0.3 is 14.8 Å². The maximum atomic E-state index is 11.7. The minimum atomic E-state index is -0.146. The number of ether oxygens (including phenoxy) is 2. The Balaban J connectivity index is 1.65. The molecule has 2 rings (SSSR count). The fraction of sp³-hybridized carbons (Fsp3) is 0.333. The number of carbonyl (C=O) groups excluding carboxylic acids is 1. The van der Waals surface area contributed by atoms with E-state index in [-0.39, 0.29) is 12.5 Å². The van der Waals surface area contributed by atoms with Crippen molar-refractivity contribution in [2.75, 3.05) is 19.8 Å². The smallest absolute Gasteiger partial charge is 0.257 e. The Labute approximate surface area is 136 Å². The van der Waals surface area contributed by atoms with Crippen LogP contribution in [-0.4, -0.2) is 30.6 Å². The van der Waals surface area contributed by atoms with Crippen molar-refractivity contribution in [2.24, 2.45) is 0 Å². The number of rotatable bonds is 9. The Bertz CT molecular complexity index is 585. The van der Waals surface area contributed by atoms with E-state index in [1.165, 1.54) is 0 Å². The summed E-state index contributed by atoms with van der Waals surface area (Å²) in [6.07, 6.45) is 3.42. The van der Waals surface area contributed by atoms with Gasteiger partial charge in [-0.2, -0.15) is 0 Å². The monoisotopic (exact) mass is 314 g/mol. The normalized spacial score (nSPS) is 10.1. The lowest BCUT2D eigenvalue weighted by molar-refractivity contribution is -0.123. The van der Waals surface area contributed by atoms with E-state index in [1.807, 2.05) is 30.3 Å². The van der Waals surface area contributed by atoms with Gasteiger partial charge in [-0.3, -0.25) is 9.78 Å². The van der Waals surface area contributed by atoms with Crippen LogP contribution in [0.4, 0.5) is 0 Å². The molecule has 0 saturated carbocycles. The third-order valence-electron chi connectivity index (χ3n) is 3.10. The highest BCUT2D eigenvalue weighted by atomic mass is 16.5. The molecule has 0 spiro atoms. The van der Waals surface area contributed by atoms with Crippen LogP contribution in [0.15, 0.2) is 48.7 Å². The van der Waals surface area contributed by atoms with Gasteiger partial charge in [-0.1, -0.05) is 13.0 Å². The summed E-state index contributed by atoms with van der Waals surface area (Å²) in [5.74, 6) is 1.31. The molecule has 0 aliphatic carbocycles. The van der Waals surface area contributed by atoms with Crippen LogP contribution in [0.1, 0.15) is 19.0 Å². The van der Waals surface area contributed by atoms with Crippen LogP contribution in [0.3, 0.4) is 0 Å². The van der Waals surface area contributed by atoms with Gasteiger partial charge in [0.2, 0.25) is 0 Å². The first-order valence-electron chi connectivity index (χ1n) is 7.80. The molecule has 1 amide bonds. The van der Waals surface area contributed by atoms with E-state index in [9.17, 15) is 4.79 Å². The van der Waals surface area contributed by atoms with Gasteiger partial charge in [0.25, 0.3) is 5.91 Å². The molecule has 0 saturated heterocycles. The Morgan fingerprint density at radius 1 is 1.09 bits per heavy atom. The summed E-state index contributed by atoms with van der Waals surface area (Å²) in [5.41, 5.74) is 0.955. The van der Waals surface area contributed by atoms with Gasteiger partial charge in [-0.25, -0.2) is 0 Å². The first-order chi connectivity index (χ1) is 11.3. The van der Waals surface area contributed by atoms with E-state index in [0.29, 0.717) is 25.3 Å². The van der Waals surface area contributed by atoms with E-state index in [2.05, 4.69) is 17.2 Å². The van der Waals surface area contributed by atoms with Crippen molar-refractivity contribution >= 4 is 5.91 Å². The molecule has 5 nitrogen and oxygen atoms in total. The molecule has 0 aliphatic rings. The van der Waals surface area contributed by atoms with Gasteiger partial charge in [-0.15, -0.1) is 0 Å². The van der Waals surface area contributed by atoms with Gasteiger partial charge in [0.1, 0.15) is 11.5 Å². The van der Waals surface area contributed by atoms with E-state index >= 15 is 0 Å². The maximum absolute atomic E-state index is 11.7. The topological polar surface area (TPSA) is 60.5 Å². The van der Waals surface area contributed by atoms with E-state index < -0.39 is 0 Å². The van der Waals surface area contributed by atoms with Gasteiger partial charge in [0.05, 0.1) is 6.61 Å². The molecule has 0 unspecified atom stereocenters.